The summed E-state index contributed by atoms with van der Waals surface area (Å²) in [6.07, 6.45) is 1.71. The van der Waals surface area contributed by atoms with Crippen molar-refractivity contribution in [2.24, 2.45) is 5.18 Å². The number of aromatic nitrogens is 2. The fraction of sp³-hybridized carbons (Fsp3) is 0.0714. The zero-order valence-corrected chi connectivity index (χ0v) is 11.1. The molecule has 0 aliphatic carbocycles. The number of aryl methyl sites for hydroxylation is 1. The zero-order chi connectivity index (χ0) is 15.0. The third-order valence-corrected chi connectivity index (χ3v) is 3.26. The van der Waals surface area contributed by atoms with Crippen LogP contribution in [0.3, 0.4) is 0 Å². The van der Waals surface area contributed by atoms with Gasteiger partial charge in [0, 0.05) is 23.9 Å². The Balaban J connectivity index is 2.22. The second-order valence-electron chi connectivity index (χ2n) is 4.56. The van der Waals surface area contributed by atoms with Gasteiger partial charge in [-0.05, 0) is 35.9 Å². The van der Waals surface area contributed by atoms with Gasteiger partial charge in [-0.2, -0.15) is 0 Å². The summed E-state index contributed by atoms with van der Waals surface area (Å²) in [6.45, 7) is 1.89. The lowest BCUT2D eigenvalue weighted by atomic mass is 10.1. The number of hydrogen-bond acceptors (Lipinski definition) is 5. The molecule has 0 unspecified atom stereocenters. The standard InChI is InChI=1S/C14H10N4O3/c1-9-3-2-8-17-13(9)15-12(14(17)16-19)10-4-6-11(7-5-10)18(20)21/h2-8H,1H3. The fourth-order valence-electron chi connectivity index (χ4n) is 2.21. The third kappa shape index (κ3) is 2.04. The first-order valence-electron chi connectivity index (χ1n) is 6.17. The first-order chi connectivity index (χ1) is 10.1. The molecule has 0 amide bonds. The fourth-order valence-corrected chi connectivity index (χ4v) is 2.21. The SMILES string of the molecule is Cc1cccn2c(N=O)c(-c3ccc([N+](=O)[O-])cc3)nc12. The number of imidazole rings is 1. The Morgan fingerprint density at radius 1 is 1.24 bits per heavy atom. The highest BCUT2D eigenvalue weighted by Crippen LogP contribution is 2.32. The number of rotatable bonds is 3. The van der Waals surface area contributed by atoms with Gasteiger partial charge in [0.15, 0.2) is 0 Å². The van der Waals surface area contributed by atoms with E-state index in [0.717, 1.165) is 5.56 Å². The summed E-state index contributed by atoms with van der Waals surface area (Å²) in [5.74, 6) is 0.183. The van der Waals surface area contributed by atoms with Crippen LogP contribution < -0.4 is 0 Å². The minimum Gasteiger partial charge on any atom is -0.281 e. The van der Waals surface area contributed by atoms with Crippen molar-refractivity contribution in [1.82, 2.24) is 9.38 Å². The molecule has 0 atom stereocenters. The van der Waals surface area contributed by atoms with E-state index in [4.69, 9.17) is 0 Å². The predicted molar refractivity (Wildman–Crippen MR) is 77.5 cm³/mol. The van der Waals surface area contributed by atoms with Crippen molar-refractivity contribution in [2.45, 2.75) is 6.92 Å². The number of fused-ring (bicyclic) bond motifs is 1. The Labute approximate surface area is 119 Å². The lowest BCUT2D eigenvalue weighted by Crippen LogP contribution is -1.87. The largest absolute Gasteiger partial charge is 0.281 e. The molecule has 2 heterocycles. The lowest BCUT2D eigenvalue weighted by Gasteiger charge is -1.97. The van der Waals surface area contributed by atoms with Crippen LogP contribution in [0.15, 0.2) is 47.8 Å². The van der Waals surface area contributed by atoms with E-state index >= 15 is 0 Å². The molecule has 3 rings (SSSR count). The molecule has 104 valence electrons. The first-order valence-corrected chi connectivity index (χ1v) is 6.17. The Kier molecular flexibility index (Phi) is 2.94. The van der Waals surface area contributed by atoms with E-state index in [-0.39, 0.29) is 11.5 Å². The van der Waals surface area contributed by atoms with Crippen LogP contribution >= 0.6 is 0 Å². The van der Waals surface area contributed by atoms with Crippen LogP contribution in [-0.2, 0) is 0 Å². The van der Waals surface area contributed by atoms with Crippen molar-refractivity contribution in [3.8, 4) is 11.3 Å². The maximum atomic E-state index is 11.1. The zero-order valence-electron chi connectivity index (χ0n) is 11.1. The Bertz CT molecular complexity index is 853. The molecule has 7 heteroatoms. The quantitative estimate of drug-likeness (QED) is 0.417. The molecular formula is C14H10N4O3. The maximum Gasteiger partial charge on any atom is 0.269 e. The normalized spacial score (nSPS) is 10.7. The van der Waals surface area contributed by atoms with Crippen molar-refractivity contribution in [3.05, 3.63) is 63.2 Å². The van der Waals surface area contributed by atoms with Crippen molar-refractivity contribution in [2.75, 3.05) is 0 Å². The molecule has 2 aromatic heterocycles. The molecule has 0 N–H and O–H groups in total. The van der Waals surface area contributed by atoms with Crippen LogP contribution in [0.25, 0.3) is 16.9 Å². The van der Waals surface area contributed by atoms with Gasteiger partial charge in [-0.15, -0.1) is 4.91 Å². The molecule has 0 spiro atoms. The maximum absolute atomic E-state index is 11.1. The van der Waals surface area contributed by atoms with Crippen LogP contribution in [0.2, 0.25) is 0 Å². The van der Waals surface area contributed by atoms with E-state index in [9.17, 15) is 15.0 Å². The topological polar surface area (TPSA) is 89.9 Å². The molecule has 21 heavy (non-hydrogen) atoms. The second kappa shape index (κ2) is 4.78. The average Bonchev–Trinajstić information content (AvgIpc) is 2.87. The van der Waals surface area contributed by atoms with Gasteiger partial charge in [-0.25, -0.2) is 4.98 Å². The molecule has 0 saturated heterocycles. The Morgan fingerprint density at radius 2 is 1.95 bits per heavy atom. The summed E-state index contributed by atoms with van der Waals surface area (Å²) >= 11 is 0. The van der Waals surface area contributed by atoms with Crippen molar-refractivity contribution >= 4 is 17.2 Å². The van der Waals surface area contributed by atoms with Gasteiger partial charge < -0.3 is 0 Å². The summed E-state index contributed by atoms with van der Waals surface area (Å²) in [5.41, 5.74) is 2.56. The van der Waals surface area contributed by atoms with Crippen molar-refractivity contribution < 1.29 is 4.92 Å². The summed E-state index contributed by atoms with van der Waals surface area (Å²) in [4.78, 5) is 25.8. The second-order valence-corrected chi connectivity index (χ2v) is 4.56. The summed E-state index contributed by atoms with van der Waals surface area (Å²) in [7, 11) is 0. The van der Waals surface area contributed by atoms with Gasteiger partial charge in [-0.3, -0.25) is 14.5 Å². The molecule has 1 aromatic carbocycles. The molecule has 0 saturated carbocycles. The molecule has 0 bridgehead atoms. The molecule has 0 aliphatic heterocycles. The summed E-state index contributed by atoms with van der Waals surface area (Å²) < 4.78 is 1.61. The van der Waals surface area contributed by atoms with Gasteiger partial charge in [-0.1, -0.05) is 6.07 Å². The summed E-state index contributed by atoms with van der Waals surface area (Å²) in [6, 6.07) is 9.56. The molecular weight excluding hydrogens is 272 g/mol. The molecule has 3 aromatic rings. The smallest absolute Gasteiger partial charge is 0.269 e. The van der Waals surface area contributed by atoms with Crippen LogP contribution in [0, 0.1) is 21.9 Å². The number of benzene rings is 1. The highest BCUT2D eigenvalue weighted by Gasteiger charge is 2.16. The van der Waals surface area contributed by atoms with Crippen LogP contribution in [0.5, 0.6) is 0 Å². The van der Waals surface area contributed by atoms with E-state index in [1.54, 1.807) is 28.8 Å². The number of hydrogen-bond donors (Lipinski definition) is 0. The van der Waals surface area contributed by atoms with Crippen LogP contribution in [0.4, 0.5) is 11.5 Å². The number of pyridine rings is 1. The molecule has 0 aliphatic rings. The van der Waals surface area contributed by atoms with Gasteiger partial charge in [0.25, 0.3) is 5.69 Å². The molecule has 0 radical (unpaired) electrons. The molecule has 7 nitrogen and oxygen atoms in total. The number of non-ortho nitro benzene ring substituents is 1. The van der Waals surface area contributed by atoms with E-state index in [0.29, 0.717) is 16.9 Å². The van der Waals surface area contributed by atoms with Gasteiger partial charge in [0.2, 0.25) is 5.82 Å². The average molecular weight is 282 g/mol. The minimum absolute atomic E-state index is 0.0145. The third-order valence-electron chi connectivity index (χ3n) is 3.26. The van der Waals surface area contributed by atoms with E-state index in [1.165, 1.54) is 12.1 Å². The van der Waals surface area contributed by atoms with E-state index < -0.39 is 4.92 Å². The summed E-state index contributed by atoms with van der Waals surface area (Å²) in [5, 5.41) is 13.7. The van der Waals surface area contributed by atoms with Gasteiger partial charge >= 0.3 is 0 Å². The Hall–Kier alpha value is -3.09. The first kappa shape index (κ1) is 12.9. The van der Waals surface area contributed by atoms with Crippen LogP contribution in [-0.4, -0.2) is 14.3 Å². The minimum atomic E-state index is -0.476. The Morgan fingerprint density at radius 3 is 2.57 bits per heavy atom. The number of nitrogens with zero attached hydrogens (tertiary/aromatic N) is 4. The number of nitroso groups, excluding NO2 is 1. The number of nitro groups is 1. The van der Waals surface area contributed by atoms with Crippen LogP contribution in [0.1, 0.15) is 5.56 Å². The predicted octanol–water partition coefficient (Wildman–Crippen LogP) is 3.62. The highest BCUT2D eigenvalue weighted by molar-refractivity contribution is 5.76. The highest BCUT2D eigenvalue weighted by atomic mass is 16.6. The van der Waals surface area contributed by atoms with Gasteiger partial charge in [0.05, 0.1) is 4.92 Å². The van der Waals surface area contributed by atoms with Crippen molar-refractivity contribution in [3.63, 3.8) is 0 Å². The number of nitro benzene ring substituents is 1. The monoisotopic (exact) mass is 282 g/mol. The van der Waals surface area contributed by atoms with E-state index in [2.05, 4.69) is 10.2 Å². The van der Waals surface area contributed by atoms with Gasteiger partial charge in [0.1, 0.15) is 11.3 Å². The molecule has 0 fully saturated rings. The lowest BCUT2D eigenvalue weighted by molar-refractivity contribution is -0.384. The van der Waals surface area contributed by atoms with Crippen molar-refractivity contribution in [1.29, 1.82) is 0 Å². The van der Waals surface area contributed by atoms with E-state index in [1.807, 2.05) is 13.0 Å².